The first-order chi connectivity index (χ1) is 11.9. The Morgan fingerprint density at radius 3 is 2.52 bits per heavy atom. The zero-order valence-corrected chi connectivity index (χ0v) is 15.8. The Balaban J connectivity index is 1.80. The predicted octanol–water partition coefficient (Wildman–Crippen LogP) is 2.45. The maximum Gasteiger partial charge on any atom is 0.240 e. The highest BCUT2D eigenvalue weighted by molar-refractivity contribution is 7.89. The summed E-state index contributed by atoms with van der Waals surface area (Å²) in [6, 6.07) is 6.45. The van der Waals surface area contributed by atoms with Crippen LogP contribution in [0.3, 0.4) is 0 Å². The van der Waals surface area contributed by atoms with Crippen LogP contribution in [-0.2, 0) is 14.8 Å². The Kier molecular flexibility index (Phi) is 7.25. The molecule has 7 heteroatoms. The number of benzene rings is 1. The summed E-state index contributed by atoms with van der Waals surface area (Å²) in [7, 11) is -3.62. The summed E-state index contributed by atoms with van der Waals surface area (Å²) in [6.07, 6.45) is 4.63. The zero-order chi connectivity index (χ0) is 18.3. The molecule has 0 aliphatic heterocycles. The van der Waals surface area contributed by atoms with E-state index in [4.69, 9.17) is 4.74 Å². The molecule has 0 unspecified atom stereocenters. The van der Waals surface area contributed by atoms with Gasteiger partial charge in [-0.1, -0.05) is 19.8 Å². The molecule has 1 saturated carbocycles. The molecule has 2 rings (SSSR count). The van der Waals surface area contributed by atoms with Crippen LogP contribution in [0.15, 0.2) is 29.2 Å². The van der Waals surface area contributed by atoms with Gasteiger partial charge in [0.1, 0.15) is 5.75 Å². The third-order valence-corrected chi connectivity index (χ3v) is 6.02. The third-order valence-electron chi connectivity index (χ3n) is 4.55. The molecule has 6 nitrogen and oxygen atoms in total. The highest BCUT2D eigenvalue weighted by atomic mass is 32.2. The van der Waals surface area contributed by atoms with Gasteiger partial charge in [-0.05, 0) is 49.9 Å². The molecular weight excluding hydrogens is 340 g/mol. The zero-order valence-electron chi connectivity index (χ0n) is 15.0. The second-order valence-corrected chi connectivity index (χ2v) is 8.25. The van der Waals surface area contributed by atoms with Gasteiger partial charge < -0.3 is 10.1 Å². The Morgan fingerprint density at radius 2 is 1.88 bits per heavy atom. The van der Waals surface area contributed by atoms with E-state index in [9.17, 15) is 13.2 Å². The molecule has 0 radical (unpaired) electrons. The number of sulfonamides is 1. The van der Waals surface area contributed by atoms with E-state index in [1.807, 2.05) is 6.92 Å². The monoisotopic (exact) mass is 368 g/mol. The van der Waals surface area contributed by atoms with Crippen molar-refractivity contribution in [1.82, 2.24) is 10.0 Å². The van der Waals surface area contributed by atoms with Crippen molar-refractivity contribution in [2.75, 3.05) is 13.2 Å². The van der Waals surface area contributed by atoms with Gasteiger partial charge in [0.2, 0.25) is 15.9 Å². The minimum atomic E-state index is -3.62. The summed E-state index contributed by atoms with van der Waals surface area (Å²) in [5, 5.41) is 3.03. The average molecular weight is 368 g/mol. The summed E-state index contributed by atoms with van der Waals surface area (Å²) >= 11 is 0. The number of carbonyl (C=O) groups is 1. The highest BCUT2D eigenvalue weighted by Gasteiger charge is 2.22. The largest absolute Gasteiger partial charge is 0.494 e. The maximum atomic E-state index is 12.2. The number of nitrogens with one attached hydrogen (secondary N) is 2. The molecule has 1 fully saturated rings. The number of hydrogen-bond donors (Lipinski definition) is 2. The summed E-state index contributed by atoms with van der Waals surface area (Å²) in [5.41, 5.74) is 0. The molecule has 140 valence electrons. The van der Waals surface area contributed by atoms with Crippen LogP contribution < -0.4 is 14.8 Å². The molecule has 0 spiro atoms. The quantitative estimate of drug-likeness (QED) is 0.738. The van der Waals surface area contributed by atoms with Crippen molar-refractivity contribution in [3.05, 3.63) is 24.3 Å². The van der Waals surface area contributed by atoms with Crippen molar-refractivity contribution in [3.63, 3.8) is 0 Å². The second kappa shape index (κ2) is 9.20. The number of rotatable bonds is 8. The molecule has 25 heavy (non-hydrogen) atoms. The van der Waals surface area contributed by atoms with E-state index in [0.29, 0.717) is 18.3 Å². The van der Waals surface area contributed by atoms with E-state index in [0.717, 1.165) is 19.3 Å². The molecule has 0 heterocycles. The van der Waals surface area contributed by atoms with Crippen LogP contribution in [0.5, 0.6) is 5.75 Å². The fourth-order valence-electron chi connectivity index (χ4n) is 3.07. The molecule has 2 N–H and O–H groups in total. The Labute approximate surface area is 150 Å². The van der Waals surface area contributed by atoms with Crippen molar-refractivity contribution in [2.45, 2.75) is 56.9 Å². The molecular formula is C18H28N2O4S. The lowest BCUT2D eigenvalue weighted by atomic mass is 9.86. The van der Waals surface area contributed by atoms with Crippen molar-refractivity contribution in [1.29, 1.82) is 0 Å². The van der Waals surface area contributed by atoms with Crippen molar-refractivity contribution < 1.29 is 17.9 Å². The van der Waals surface area contributed by atoms with E-state index < -0.39 is 10.0 Å². The van der Waals surface area contributed by atoms with E-state index in [1.165, 1.54) is 18.6 Å². The first kappa shape index (κ1) is 19.7. The van der Waals surface area contributed by atoms with Gasteiger partial charge in [-0.15, -0.1) is 0 Å². The minimum Gasteiger partial charge on any atom is -0.494 e. The van der Waals surface area contributed by atoms with Crippen LogP contribution in [0, 0.1) is 5.92 Å². The predicted molar refractivity (Wildman–Crippen MR) is 97.0 cm³/mol. The first-order valence-corrected chi connectivity index (χ1v) is 10.4. The van der Waals surface area contributed by atoms with Gasteiger partial charge in [0, 0.05) is 19.0 Å². The highest BCUT2D eigenvalue weighted by Crippen LogP contribution is 2.23. The normalized spacial score (nSPS) is 20.9. The molecule has 0 bridgehead atoms. The molecule has 1 aliphatic carbocycles. The summed E-state index contributed by atoms with van der Waals surface area (Å²) in [4.78, 5) is 12.2. The van der Waals surface area contributed by atoms with Gasteiger partial charge in [-0.2, -0.15) is 0 Å². The molecule has 1 aromatic carbocycles. The van der Waals surface area contributed by atoms with Crippen LogP contribution in [0.25, 0.3) is 0 Å². The lowest BCUT2D eigenvalue weighted by Gasteiger charge is -2.29. The van der Waals surface area contributed by atoms with Crippen LogP contribution in [0.4, 0.5) is 0 Å². The van der Waals surface area contributed by atoms with Crippen molar-refractivity contribution in [3.8, 4) is 5.75 Å². The number of ether oxygens (including phenoxy) is 1. The molecule has 0 saturated heterocycles. The summed E-state index contributed by atoms with van der Waals surface area (Å²) in [5.74, 6) is 1.01. The van der Waals surface area contributed by atoms with Gasteiger partial charge >= 0.3 is 0 Å². The number of hydrogen-bond acceptors (Lipinski definition) is 4. The fourth-order valence-corrected chi connectivity index (χ4v) is 4.11. The van der Waals surface area contributed by atoms with E-state index in [2.05, 4.69) is 17.0 Å². The van der Waals surface area contributed by atoms with Crippen molar-refractivity contribution >= 4 is 15.9 Å². The van der Waals surface area contributed by atoms with Gasteiger partial charge in [-0.3, -0.25) is 4.79 Å². The van der Waals surface area contributed by atoms with E-state index >= 15 is 0 Å². The lowest BCUT2D eigenvalue weighted by molar-refractivity contribution is -0.122. The SMILES string of the molecule is CCOc1ccc(S(=O)(=O)NCCC(=O)N[C@H]2CCCC[C@@H]2C)cc1. The topological polar surface area (TPSA) is 84.5 Å². The fraction of sp³-hybridized carbons (Fsp3) is 0.611. The van der Waals surface area contributed by atoms with E-state index in [-0.39, 0.29) is 29.8 Å². The molecule has 1 aliphatic rings. The minimum absolute atomic E-state index is 0.0858. The van der Waals surface area contributed by atoms with Crippen LogP contribution >= 0.6 is 0 Å². The third kappa shape index (κ3) is 6.01. The van der Waals surface area contributed by atoms with E-state index in [1.54, 1.807) is 12.1 Å². The maximum absolute atomic E-state index is 12.2. The average Bonchev–Trinajstić information content (AvgIpc) is 2.58. The van der Waals surface area contributed by atoms with Gasteiger partial charge in [0.15, 0.2) is 0 Å². The van der Waals surface area contributed by atoms with Crippen LogP contribution in [-0.4, -0.2) is 33.5 Å². The van der Waals surface area contributed by atoms with Gasteiger partial charge in [-0.25, -0.2) is 13.1 Å². The number of carbonyl (C=O) groups excluding carboxylic acids is 1. The van der Waals surface area contributed by atoms with Crippen LogP contribution in [0.2, 0.25) is 0 Å². The lowest BCUT2D eigenvalue weighted by Crippen LogP contribution is -2.42. The van der Waals surface area contributed by atoms with Crippen LogP contribution in [0.1, 0.15) is 46.0 Å². The Hall–Kier alpha value is -1.60. The Bertz CT molecular complexity index is 658. The standard InChI is InChI=1S/C18H28N2O4S/c1-3-24-15-8-10-16(11-9-15)25(22,23)19-13-12-18(21)20-17-7-5-4-6-14(17)2/h8-11,14,17,19H,3-7,12-13H2,1-2H3,(H,20,21)/t14-,17-/m0/s1. The van der Waals surface area contributed by atoms with Gasteiger partial charge in [0.05, 0.1) is 11.5 Å². The second-order valence-electron chi connectivity index (χ2n) is 6.49. The molecule has 0 aromatic heterocycles. The molecule has 1 amide bonds. The Morgan fingerprint density at radius 1 is 1.20 bits per heavy atom. The van der Waals surface area contributed by atoms with Gasteiger partial charge in [0.25, 0.3) is 0 Å². The number of amides is 1. The molecule has 1 aromatic rings. The first-order valence-electron chi connectivity index (χ1n) is 8.94. The van der Waals surface area contributed by atoms with Crippen molar-refractivity contribution in [2.24, 2.45) is 5.92 Å². The summed E-state index contributed by atoms with van der Waals surface area (Å²) in [6.45, 7) is 4.63. The molecule has 2 atom stereocenters. The smallest absolute Gasteiger partial charge is 0.240 e. The summed E-state index contributed by atoms with van der Waals surface area (Å²) < 4.78 is 32.3.